The summed E-state index contributed by atoms with van der Waals surface area (Å²) in [5, 5.41) is 9.71. The van der Waals surface area contributed by atoms with Crippen molar-refractivity contribution in [2.45, 2.75) is 32.4 Å². The minimum Gasteiger partial charge on any atom is -0.480 e. The first kappa shape index (κ1) is 22.9. The lowest BCUT2D eigenvalue weighted by Crippen LogP contribution is -2.38. The molecule has 4 heterocycles. The first-order valence-electron chi connectivity index (χ1n) is 12.5. The lowest BCUT2D eigenvalue weighted by Gasteiger charge is -2.22. The molecule has 2 aromatic carbocycles. The Morgan fingerprint density at radius 2 is 1.95 bits per heavy atom. The van der Waals surface area contributed by atoms with Gasteiger partial charge in [-0.3, -0.25) is 14.5 Å². The maximum absolute atomic E-state index is 12.8. The third kappa shape index (κ3) is 4.67. The number of rotatable bonds is 7. The molecule has 186 valence electrons. The van der Waals surface area contributed by atoms with Crippen molar-refractivity contribution in [3.8, 4) is 5.75 Å². The van der Waals surface area contributed by atoms with Gasteiger partial charge in [-0.15, -0.1) is 0 Å². The van der Waals surface area contributed by atoms with Crippen LogP contribution in [0.3, 0.4) is 0 Å². The van der Waals surface area contributed by atoms with E-state index < -0.39 is 6.10 Å². The summed E-state index contributed by atoms with van der Waals surface area (Å²) >= 11 is 0. The molecule has 37 heavy (non-hydrogen) atoms. The first-order chi connectivity index (χ1) is 18.2. The van der Waals surface area contributed by atoms with Gasteiger partial charge < -0.3 is 15.0 Å². The number of anilines is 2. The van der Waals surface area contributed by atoms with E-state index >= 15 is 0 Å². The summed E-state index contributed by atoms with van der Waals surface area (Å²) in [6, 6.07) is 17.6. The van der Waals surface area contributed by atoms with Crippen LogP contribution in [0.1, 0.15) is 25.5 Å². The number of nitrogens with zero attached hydrogens (tertiary/aromatic N) is 6. The summed E-state index contributed by atoms with van der Waals surface area (Å²) in [7, 11) is 0. The molecule has 1 N–H and O–H groups in total. The lowest BCUT2D eigenvalue weighted by molar-refractivity contribution is -0.136. The zero-order valence-corrected chi connectivity index (χ0v) is 20.5. The molecule has 0 unspecified atom stereocenters. The standard InChI is InChI=1S/C28H27N7O2/c1-19(28(36)34-13-4-5-14-34)37-25-9-6-8-23-26(25)27(31-18-30-23)33-21-10-11-24-20(15-21)16-32-35(24)17-22-7-2-3-12-29-22/h2-3,6-12,15-16,18-19H,4-5,13-14,17H2,1H3,(H,30,31,33)/t19-/m0/s1. The van der Waals surface area contributed by atoms with Gasteiger partial charge >= 0.3 is 0 Å². The highest BCUT2D eigenvalue weighted by Gasteiger charge is 2.25. The Labute approximate surface area is 214 Å². The van der Waals surface area contributed by atoms with Gasteiger partial charge in [-0.05, 0) is 62.2 Å². The number of carbonyl (C=O) groups excluding carboxylic acids is 1. The molecule has 3 aromatic heterocycles. The van der Waals surface area contributed by atoms with E-state index in [9.17, 15) is 4.79 Å². The monoisotopic (exact) mass is 493 g/mol. The molecule has 1 aliphatic heterocycles. The van der Waals surface area contributed by atoms with Gasteiger partial charge in [0, 0.05) is 30.4 Å². The molecular formula is C28H27N7O2. The highest BCUT2D eigenvalue weighted by Crippen LogP contribution is 2.33. The molecule has 0 radical (unpaired) electrons. The Bertz CT molecular complexity index is 1560. The number of likely N-dealkylation sites (tertiary alicyclic amines) is 1. The van der Waals surface area contributed by atoms with E-state index in [1.165, 1.54) is 6.33 Å². The fourth-order valence-corrected chi connectivity index (χ4v) is 4.78. The molecule has 6 rings (SSSR count). The van der Waals surface area contributed by atoms with Crippen LogP contribution in [-0.2, 0) is 11.3 Å². The van der Waals surface area contributed by atoms with Crippen LogP contribution < -0.4 is 10.1 Å². The Morgan fingerprint density at radius 3 is 2.78 bits per heavy atom. The molecular weight excluding hydrogens is 466 g/mol. The molecule has 0 saturated carbocycles. The van der Waals surface area contributed by atoms with Gasteiger partial charge in [0.05, 0.1) is 34.9 Å². The van der Waals surface area contributed by atoms with Crippen LogP contribution in [0.5, 0.6) is 5.75 Å². The van der Waals surface area contributed by atoms with Gasteiger partial charge in [0.2, 0.25) is 0 Å². The molecule has 1 amide bonds. The van der Waals surface area contributed by atoms with Gasteiger partial charge in [-0.2, -0.15) is 5.10 Å². The predicted molar refractivity (Wildman–Crippen MR) is 142 cm³/mol. The molecule has 1 aliphatic rings. The zero-order chi connectivity index (χ0) is 25.2. The smallest absolute Gasteiger partial charge is 0.263 e. The largest absolute Gasteiger partial charge is 0.480 e. The number of pyridine rings is 1. The average Bonchev–Trinajstić information content (AvgIpc) is 3.60. The van der Waals surface area contributed by atoms with Crippen molar-refractivity contribution < 1.29 is 9.53 Å². The van der Waals surface area contributed by atoms with Crippen molar-refractivity contribution in [1.29, 1.82) is 0 Å². The third-order valence-electron chi connectivity index (χ3n) is 6.64. The number of nitrogens with one attached hydrogen (secondary N) is 1. The average molecular weight is 494 g/mol. The summed E-state index contributed by atoms with van der Waals surface area (Å²) in [5.74, 6) is 1.19. The normalized spacial score (nSPS) is 14.2. The Hall–Kier alpha value is -4.53. The Morgan fingerprint density at radius 1 is 1.05 bits per heavy atom. The SMILES string of the molecule is C[C@H](Oc1cccc2ncnc(Nc3ccc4c(cnn4Cc4ccccn4)c3)c12)C(=O)N1CCCC1. The molecule has 0 aliphatic carbocycles. The fraction of sp³-hybridized carbons (Fsp3) is 0.250. The Balaban J connectivity index is 1.27. The lowest BCUT2D eigenvalue weighted by atomic mass is 10.2. The number of hydrogen-bond acceptors (Lipinski definition) is 7. The number of fused-ring (bicyclic) bond motifs is 2. The van der Waals surface area contributed by atoms with Crippen LogP contribution in [0.25, 0.3) is 21.8 Å². The summed E-state index contributed by atoms with van der Waals surface area (Å²) < 4.78 is 8.12. The maximum Gasteiger partial charge on any atom is 0.263 e. The third-order valence-corrected chi connectivity index (χ3v) is 6.64. The van der Waals surface area contributed by atoms with Gasteiger partial charge in [-0.1, -0.05) is 12.1 Å². The van der Waals surface area contributed by atoms with Crippen LogP contribution >= 0.6 is 0 Å². The maximum atomic E-state index is 12.8. The van der Waals surface area contributed by atoms with Gasteiger partial charge in [0.15, 0.2) is 6.10 Å². The number of carbonyl (C=O) groups is 1. The number of amides is 1. The zero-order valence-electron chi connectivity index (χ0n) is 20.5. The first-order valence-corrected chi connectivity index (χ1v) is 12.5. The van der Waals surface area contributed by atoms with E-state index in [1.807, 2.05) is 70.4 Å². The van der Waals surface area contributed by atoms with E-state index in [-0.39, 0.29) is 5.91 Å². The van der Waals surface area contributed by atoms with Gasteiger partial charge in [0.25, 0.3) is 5.91 Å². The number of aromatic nitrogens is 5. The Kier molecular flexibility index (Phi) is 6.10. The molecule has 1 fully saturated rings. The number of hydrogen-bond donors (Lipinski definition) is 1. The minimum atomic E-state index is -0.599. The quantitative estimate of drug-likeness (QED) is 0.355. The van der Waals surface area contributed by atoms with Crippen LogP contribution in [-0.4, -0.2) is 54.7 Å². The van der Waals surface area contributed by atoms with Crippen molar-refractivity contribution in [3.05, 3.63) is 79.0 Å². The highest BCUT2D eigenvalue weighted by molar-refractivity contribution is 5.97. The van der Waals surface area contributed by atoms with Crippen LogP contribution in [0, 0.1) is 0 Å². The van der Waals surface area contributed by atoms with Crippen LogP contribution in [0.4, 0.5) is 11.5 Å². The van der Waals surface area contributed by atoms with Crippen molar-refractivity contribution in [1.82, 2.24) is 29.6 Å². The van der Waals surface area contributed by atoms with Crippen LogP contribution in [0.2, 0.25) is 0 Å². The molecule has 9 nitrogen and oxygen atoms in total. The molecule has 0 spiro atoms. The van der Waals surface area contributed by atoms with E-state index in [0.717, 1.165) is 59.1 Å². The second-order valence-electron chi connectivity index (χ2n) is 9.19. The highest BCUT2D eigenvalue weighted by atomic mass is 16.5. The predicted octanol–water partition coefficient (Wildman–Crippen LogP) is 4.56. The van der Waals surface area contributed by atoms with Gasteiger partial charge in [-0.25, -0.2) is 9.97 Å². The summed E-state index contributed by atoms with van der Waals surface area (Å²) in [4.78, 5) is 28.0. The minimum absolute atomic E-state index is 0.00836. The molecule has 5 aromatic rings. The van der Waals surface area contributed by atoms with E-state index in [2.05, 4.69) is 25.4 Å². The van der Waals surface area contributed by atoms with E-state index in [1.54, 1.807) is 13.1 Å². The van der Waals surface area contributed by atoms with E-state index in [0.29, 0.717) is 18.1 Å². The van der Waals surface area contributed by atoms with Crippen molar-refractivity contribution in [2.24, 2.45) is 0 Å². The topological polar surface area (TPSA) is 98.1 Å². The summed E-state index contributed by atoms with van der Waals surface area (Å²) in [6.07, 6.45) is 6.65. The van der Waals surface area contributed by atoms with Gasteiger partial charge in [0.1, 0.15) is 17.9 Å². The molecule has 0 bridgehead atoms. The fourth-order valence-electron chi connectivity index (χ4n) is 4.78. The molecule has 1 saturated heterocycles. The second kappa shape index (κ2) is 9.85. The van der Waals surface area contributed by atoms with Crippen LogP contribution in [0.15, 0.2) is 73.3 Å². The number of benzene rings is 2. The molecule has 1 atom stereocenters. The summed E-state index contributed by atoms with van der Waals surface area (Å²) in [5.41, 5.74) is 3.56. The second-order valence-corrected chi connectivity index (χ2v) is 9.19. The summed E-state index contributed by atoms with van der Waals surface area (Å²) in [6.45, 7) is 3.98. The molecule has 9 heteroatoms. The van der Waals surface area contributed by atoms with Crippen molar-refractivity contribution in [3.63, 3.8) is 0 Å². The van der Waals surface area contributed by atoms with E-state index in [4.69, 9.17) is 4.74 Å². The number of ether oxygens (including phenoxy) is 1. The van der Waals surface area contributed by atoms with Crippen molar-refractivity contribution in [2.75, 3.05) is 18.4 Å². The van der Waals surface area contributed by atoms with Crippen molar-refractivity contribution >= 4 is 39.2 Å².